The van der Waals surface area contributed by atoms with Gasteiger partial charge in [-0.1, -0.05) is 28.4 Å². The SMILES string of the molecule is COC(=O)c1nc(C2CC(C)=NO2)c(Cl)c(N)c1Cl. The summed E-state index contributed by atoms with van der Waals surface area (Å²) in [6, 6.07) is 0. The lowest BCUT2D eigenvalue weighted by atomic mass is 10.1. The molecular formula is C11H11Cl2N3O3. The number of carbonyl (C=O) groups is 1. The minimum absolute atomic E-state index is 0.0313. The van der Waals surface area contributed by atoms with Crippen LogP contribution in [0, 0.1) is 0 Å². The summed E-state index contributed by atoms with van der Waals surface area (Å²) < 4.78 is 4.60. The van der Waals surface area contributed by atoms with Crippen LogP contribution in [0.1, 0.15) is 35.6 Å². The minimum Gasteiger partial charge on any atom is -0.464 e. The number of hydrogen-bond acceptors (Lipinski definition) is 6. The van der Waals surface area contributed by atoms with Crippen LogP contribution in [0.5, 0.6) is 0 Å². The van der Waals surface area contributed by atoms with E-state index in [0.717, 1.165) is 5.71 Å². The molecular weight excluding hydrogens is 293 g/mol. The van der Waals surface area contributed by atoms with Crippen molar-refractivity contribution < 1.29 is 14.4 Å². The summed E-state index contributed by atoms with van der Waals surface area (Å²) in [5, 5.41) is 3.94. The molecule has 2 N–H and O–H groups in total. The zero-order valence-corrected chi connectivity index (χ0v) is 11.7. The van der Waals surface area contributed by atoms with Gasteiger partial charge in [0.15, 0.2) is 11.8 Å². The molecule has 0 spiro atoms. The van der Waals surface area contributed by atoms with E-state index >= 15 is 0 Å². The van der Waals surface area contributed by atoms with E-state index in [9.17, 15) is 4.79 Å². The Morgan fingerprint density at radius 1 is 1.47 bits per heavy atom. The first-order valence-electron chi connectivity index (χ1n) is 5.37. The molecule has 0 saturated heterocycles. The van der Waals surface area contributed by atoms with Crippen molar-refractivity contribution in [1.29, 1.82) is 0 Å². The maximum atomic E-state index is 11.6. The van der Waals surface area contributed by atoms with E-state index in [1.165, 1.54) is 7.11 Å². The summed E-state index contributed by atoms with van der Waals surface area (Å²) in [4.78, 5) is 20.9. The number of carbonyl (C=O) groups excluding carboxylic acids is 1. The predicted molar refractivity (Wildman–Crippen MR) is 71.6 cm³/mol. The largest absolute Gasteiger partial charge is 0.464 e. The van der Waals surface area contributed by atoms with Gasteiger partial charge in [-0.2, -0.15) is 0 Å². The molecule has 1 aliphatic heterocycles. The summed E-state index contributed by atoms with van der Waals surface area (Å²) in [5.41, 5.74) is 6.88. The zero-order valence-electron chi connectivity index (χ0n) is 10.2. The number of nitrogens with two attached hydrogens (primary N) is 1. The van der Waals surface area contributed by atoms with Gasteiger partial charge in [-0.05, 0) is 6.92 Å². The number of esters is 1. The van der Waals surface area contributed by atoms with Crippen molar-refractivity contribution in [3.05, 3.63) is 21.4 Å². The average Bonchev–Trinajstić information content (AvgIpc) is 2.82. The fourth-order valence-electron chi connectivity index (χ4n) is 1.67. The van der Waals surface area contributed by atoms with Crippen LogP contribution >= 0.6 is 23.2 Å². The number of pyridine rings is 1. The molecule has 0 fully saturated rings. The number of nitrogen functional groups attached to an aromatic ring is 1. The number of methoxy groups -OCH3 is 1. The van der Waals surface area contributed by atoms with Gasteiger partial charge < -0.3 is 15.3 Å². The number of halogens is 2. The first-order valence-corrected chi connectivity index (χ1v) is 6.13. The van der Waals surface area contributed by atoms with E-state index in [4.69, 9.17) is 33.8 Å². The lowest BCUT2D eigenvalue weighted by Gasteiger charge is -2.14. The van der Waals surface area contributed by atoms with Crippen molar-refractivity contribution in [3.8, 4) is 0 Å². The smallest absolute Gasteiger partial charge is 0.358 e. The van der Waals surface area contributed by atoms with Gasteiger partial charge in [0.05, 0.1) is 28.6 Å². The second kappa shape index (κ2) is 5.22. The molecule has 0 radical (unpaired) electrons. The predicted octanol–water partition coefficient (Wildman–Crippen LogP) is 2.59. The van der Waals surface area contributed by atoms with Crippen LogP contribution in [0.4, 0.5) is 5.69 Å². The average molecular weight is 304 g/mol. The van der Waals surface area contributed by atoms with E-state index in [0.29, 0.717) is 12.1 Å². The van der Waals surface area contributed by atoms with Crippen molar-refractivity contribution in [1.82, 2.24) is 4.98 Å². The highest BCUT2D eigenvalue weighted by molar-refractivity contribution is 6.40. The second-order valence-corrected chi connectivity index (χ2v) is 4.76. The fourth-order valence-corrected chi connectivity index (χ4v) is 2.19. The molecule has 2 heterocycles. The topological polar surface area (TPSA) is 86.8 Å². The summed E-state index contributed by atoms with van der Waals surface area (Å²) in [6.45, 7) is 1.81. The summed E-state index contributed by atoms with van der Waals surface area (Å²) in [7, 11) is 1.23. The molecule has 102 valence electrons. The lowest BCUT2D eigenvalue weighted by Crippen LogP contribution is -2.12. The lowest BCUT2D eigenvalue weighted by molar-refractivity contribution is 0.0589. The van der Waals surface area contributed by atoms with Crippen LogP contribution in [0.25, 0.3) is 0 Å². The van der Waals surface area contributed by atoms with E-state index in [1.54, 1.807) is 0 Å². The van der Waals surface area contributed by atoms with E-state index in [1.807, 2.05) is 6.92 Å². The maximum absolute atomic E-state index is 11.6. The van der Waals surface area contributed by atoms with Crippen molar-refractivity contribution >= 4 is 40.6 Å². The number of oxime groups is 1. The number of rotatable bonds is 2. The van der Waals surface area contributed by atoms with Crippen LogP contribution in [-0.4, -0.2) is 23.8 Å². The van der Waals surface area contributed by atoms with E-state index in [2.05, 4.69) is 14.9 Å². The normalized spacial score (nSPS) is 17.9. The van der Waals surface area contributed by atoms with Crippen molar-refractivity contribution in [3.63, 3.8) is 0 Å². The quantitative estimate of drug-likeness (QED) is 0.849. The molecule has 1 atom stereocenters. The molecule has 0 aromatic carbocycles. The van der Waals surface area contributed by atoms with Gasteiger partial charge in [0.25, 0.3) is 0 Å². The van der Waals surface area contributed by atoms with Crippen molar-refractivity contribution in [2.75, 3.05) is 12.8 Å². The summed E-state index contributed by atoms with van der Waals surface area (Å²) in [5.74, 6) is -0.690. The molecule has 0 aliphatic carbocycles. The number of nitrogens with zero attached hydrogens (tertiary/aromatic N) is 2. The first kappa shape index (κ1) is 13.9. The molecule has 6 nitrogen and oxygen atoms in total. The van der Waals surface area contributed by atoms with Crippen LogP contribution < -0.4 is 5.73 Å². The van der Waals surface area contributed by atoms with Gasteiger partial charge in [0.2, 0.25) is 0 Å². The monoisotopic (exact) mass is 303 g/mol. The van der Waals surface area contributed by atoms with Gasteiger partial charge in [0, 0.05) is 6.42 Å². The summed E-state index contributed by atoms with van der Waals surface area (Å²) >= 11 is 12.0. The minimum atomic E-state index is -0.690. The number of aromatic nitrogens is 1. The van der Waals surface area contributed by atoms with Crippen molar-refractivity contribution in [2.24, 2.45) is 5.16 Å². The van der Waals surface area contributed by atoms with Crippen molar-refractivity contribution in [2.45, 2.75) is 19.4 Å². The van der Waals surface area contributed by atoms with Gasteiger partial charge in [-0.25, -0.2) is 9.78 Å². The Labute approximate surface area is 119 Å². The molecule has 0 saturated carbocycles. The second-order valence-electron chi connectivity index (χ2n) is 4.00. The molecule has 8 heteroatoms. The molecule has 1 aromatic heterocycles. The Hall–Kier alpha value is -1.53. The molecule has 0 amide bonds. The van der Waals surface area contributed by atoms with E-state index in [-0.39, 0.29) is 21.4 Å². The Balaban J connectivity index is 2.50. The first-order chi connectivity index (χ1) is 8.95. The van der Waals surface area contributed by atoms with Crippen LogP contribution in [0.15, 0.2) is 5.16 Å². The van der Waals surface area contributed by atoms with Gasteiger partial charge >= 0.3 is 5.97 Å². The van der Waals surface area contributed by atoms with Gasteiger partial charge in [-0.15, -0.1) is 0 Å². The third kappa shape index (κ3) is 2.46. The Morgan fingerprint density at radius 2 is 2.16 bits per heavy atom. The fraction of sp³-hybridized carbons (Fsp3) is 0.364. The highest BCUT2D eigenvalue weighted by atomic mass is 35.5. The zero-order chi connectivity index (χ0) is 14.2. The third-order valence-electron chi connectivity index (χ3n) is 2.64. The van der Waals surface area contributed by atoms with Crippen LogP contribution in [-0.2, 0) is 9.57 Å². The molecule has 1 unspecified atom stereocenters. The Bertz CT molecular complexity index is 575. The standard InChI is InChI=1S/C11H11Cl2N3O3/c1-4-3-5(19-16-4)9-6(12)8(14)7(13)10(15-9)11(17)18-2/h5H,3H2,1-2H3,(H2,14,15). The molecule has 19 heavy (non-hydrogen) atoms. The number of ether oxygens (including phenoxy) is 1. The highest BCUT2D eigenvalue weighted by Crippen LogP contribution is 2.38. The van der Waals surface area contributed by atoms with Gasteiger partial charge in [0.1, 0.15) is 5.69 Å². The van der Waals surface area contributed by atoms with Crippen LogP contribution in [0.3, 0.4) is 0 Å². The van der Waals surface area contributed by atoms with E-state index < -0.39 is 12.1 Å². The third-order valence-corrected chi connectivity index (χ3v) is 3.42. The number of hydrogen-bond donors (Lipinski definition) is 1. The molecule has 2 rings (SSSR count). The highest BCUT2D eigenvalue weighted by Gasteiger charge is 2.29. The maximum Gasteiger partial charge on any atom is 0.358 e. The molecule has 1 aromatic rings. The number of anilines is 1. The van der Waals surface area contributed by atoms with Gasteiger partial charge in [-0.3, -0.25) is 0 Å². The van der Waals surface area contributed by atoms with Crippen LogP contribution in [0.2, 0.25) is 10.0 Å². The Morgan fingerprint density at radius 3 is 2.68 bits per heavy atom. The summed E-state index contributed by atoms with van der Waals surface area (Å²) in [6.07, 6.45) is 0.0458. The molecule has 1 aliphatic rings. The molecule has 0 bridgehead atoms. The Kier molecular flexibility index (Phi) is 3.82.